The highest BCUT2D eigenvalue weighted by atomic mass is 32.1. The summed E-state index contributed by atoms with van der Waals surface area (Å²) in [6, 6.07) is 7.53. The normalized spacial score (nSPS) is 17.9. The van der Waals surface area contributed by atoms with Crippen LogP contribution in [0.4, 0.5) is 0 Å². The van der Waals surface area contributed by atoms with Crippen LogP contribution in [-0.4, -0.2) is 45.7 Å². The Kier molecular flexibility index (Phi) is 3.43. The van der Waals surface area contributed by atoms with Gasteiger partial charge in [0.1, 0.15) is 0 Å². The maximum atomic E-state index is 12.4. The average Bonchev–Trinajstić information content (AvgIpc) is 2.94. The molecule has 1 aliphatic rings. The Morgan fingerprint density at radius 3 is 2.57 bits per heavy atom. The van der Waals surface area contributed by atoms with Crippen molar-refractivity contribution in [3.05, 3.63) is 35.2 Å². The number of carbonyl (C=O) groups is 2. The van der Waals surface area contributed by atoms with E-state index in [1.807, 2.05) is 23.6 Å². The zero-order chi connectivity index (χ0) is 15.0. The van der Waals surface area contributed by atoms with E-state index < -0.39 is 11.6 Å². The predicted molar refractivity (Wildman–Crippen MR) is 79.5 cm³/mol. The molecule has 0 spiro atoms. The molecule has 6 heteroatoms. The first-order valence-electron chi connectivity index (χ1n) is 6.72. The smallest absolute Gasteiger partial charge is 0.335 e. The molecule has 0 unspecified atom stereocenters. The van der Waals surface area contributed by atoms with E-state index in [2.05, 4.69) is 0 Å². The lowest BCUT2D eigenvalue weighted by Gasteiger charge is -2.35. The molecule has 0 saturated carbocycles. The Morgan fingerprint density at radius 2 is 1.90 bits per heavy atom. The van der Waals surface area contributed by atoms with Gasteiger partial charge in [-0.2, -0.15) is 0 Å². The van der Waals surface area contributed by atoms with Gasteiger partial charge >= 0.3 is 5.97 Å². The number of likely N-dealkylation sites (tertiary alicyclic amines) is 1. The van der Waals surface area contributed by atoms with Crippen molar-refractivity contribution in [2.75, 3.05) is 13.1 Å². The minimum Gasteiger partial charge on any atom is -0.479 e. The number of thiophene rings is 1. The van der Waals surface area contributed by atoms with E-state index in [0.29, 0.717) is 5.56 Å². The number of hydrogen-bond donors (Lipinski definition) is 2. The molecular weight excluding hydrogens is 290 g/mol. The molecular formula is C15H15NO4S. The van der Waals surface area contributed by atoms with Gasteiger partial charge in [-0.15, -0.1) is 11.3 Å². The first-order chi connectivity index (χ1) is 9.99. The zero-order valence-corrected chi connectivity index (χ0v) is 12.1. The number of fused-ring (bicyclic) bond motifs is 1. The van der Waals surface area contributed by atoms with Crippen molar-refractivity contribution in [2.45, 2.75) is 18.4 Å². The molecule has 3 rings (SSSR count). The number of nitrogens with zero attached hydrogens (tertiary/aromatic N) is 1. The third-order valence-electron chi connectivity index (χ3n) is 3.98. The third kappa shape index (κ3) is 2.52. The van der Waals surface area contributed by atoms with Gasteiger partial charge < -0.3 is 15.1 Å². The van der Waals surface area contributed by atoms with Gasteiger partial charge in [-0.05, 0) is 35.0 Å². The van der Waals surface area contributed by atoms with Crippen LogP contribution in [0.15, 0.2) is 29.6 Å². The van der Waals surface area contributed by atoms with Crippen LogP contribution in [0.2, 0.25) is 0 Å². The largest absolute Gasteiger partial charge is 0.479 e. The molecule has 0 atom stereocenters. The summed E-state index contributed by atoms with van der Waals surface area (Å²) in [4.78, 5) is 25.0. The molecule has 2 heterocycles. The number of benzene rings is 1. The molecule has 21 heavy (non-hydrogen) atoms. The molecule has 1 aromatic heterocycles. The summed E-state index contributed by atoms with van der Waals surface area (Å²) in [6.45, 7) is 0.507. The SMILES string of the molecule is O=C(c1ccc2sccc2c1)N1CCC(O)(C(=O)O)CC1. The molecule has 0 radical (unpaired) electrons. The predicted octanol–water partition coefficient (Wildman–Crippen LogP) is 1.95. The molecule has 2 N–H and O–H groups in total. The lowest BCUT2D eigenvalue weighted by atomic mass is 9.91. The summed E-state index contributed by atoms with van der Waals surface area (Å²) < 4.78 is 1.13. The number of amides is 1. The number of carboxylic acid groups (broad SMARTS) is 1. The number of piperidine rings is 1. The topological polar surface area (TPSA) is 77.8 Å². The summed E-state index contributed by atoms with van der Waals surface area (Å²) in [5.41, 5.74) is -1.10. The van der Waals surface area contributed by atoms with Crippen LogP contribution in [0.1, 0.15) is 23.2 Å². The van der Waals surface area contributed by atoms with Crippen LogP contribution >= 0.6 is 11.3 Å². The van der Waals surface area contributed by atoms with Crippen molar-refractivity contribution in [3.63, 3.8) is 0 Å². The van der Waals surface area contributed by atoms with E-state index in [4.69, 9.17) is 5.11 Å². The van der Waals surface area contributed by atoms with Crippen molar-refractivity contribution < 1.29 is 19.8 Å². The van der Waals surface area contributed by atoms with Gasteiger partial charge in [-0.25, -0.2) is 4.79 Å². The van der Waals surface area contributed by atoms with Crippen molar-refractivity contribution in [3.8, 4) is 0 Å². The van der Waals surface area contributed by atoms with Gasteiger partial charge in [0.05, 0.1) is 0 Å². The van der Waals surface area contributed by atoms with Gasteiger partial charge in [0, 0.05) is 36.2 Å². The lowest BCUT2D eigenvalue weighted by Crippen LogP contribution is -2.50. The second-order valence-electron chi connectivity index (χ2n) is 5.30. The summed E-state index contributed by atoms with van der Waals surface area (Å²) in [6.07, 6.45) is 0.129. The molecule has 1 amide bonds. The van der Waals surface area contributed by atoms with Gasteiger partial charge in [0.2, 0.25) is 0 Å². The maximum absolute atomic E-state index is 12.4. The van der Waals surface area contributed by atoms with Gasteiger partial charge in [0.15, 0.2) is 5.60 Å². The maximum Gasteiger partial charge on any atom is 0.335 e. The van der Waals surface area contributed by atoms with Crippen LogP contribution in [-0.2, 0) is 4.79 Å². The number of aliphatic hydroxyl groups is 1. The Morgan fingerprint density at radius 1 is 1.19 bits per heavy atom. The van der Waals surface area contributed by atoms with E-state index in [1.54, 1.807) is 22.3 Å². The third-order valence-corrected chi connectivity index (χ3v) is 4.87. The van der Waals surface area contributed by atoms with Crippen LogP contribution in [0.5, 0.6) is 0 Å². The van der Waals surface area contributed by atoms with Crippen molar-refractivity contribution >= 4 is 33.3 Å². The van der Waals surface area contributed by atoms with Crippen molar-refractivity contribution in [1.29, 1.82) is 0 Å². The summed E-state index contributed by atoms with van der Waals surface area (Å²) >= 11 is 1.62. The zero-order valence-electron chi connectivity index (χ0n) is 11.3. The lowest BCUT2D eigenvalue weighted by molar-refractivity contribution is -0.162. The number of rotatable bonds is 2. The average molecular weight is 305 g/mol. The van der Waals surface area contributed by atoms with Crippen LogP contribution in [0.25, 0.3) is 10.1 Å². The highest BCUT2D eigenvalue weighted by molar-refractivity contribution is 7.17. The first kappa shape index (κ1) is 14.0. The van der Waals surface area contributed by atoms with Crippen LogP contribution in [0.3, 0.4) is 0 Å². The number of aliphatic carboxylic acids is 1. The van der Waals surface area contributed by atoms with E-state index in [-0.39, 0.29) is 31.8 Å². The van der Waals surface area contributed by atoms with E-state index in [0.717, 1.165) is 10.1 Å². The molecule has 1 saturated heterocycles. The van der Waals surface area contributed by atoms with E-state index in [1.165, 1.54) is 0 Å². The monoisotopic (exact) mass is 305 g/mol. The Bertz CT molecular complexity index is 701. The molecule has 1 aliphatic heterocycles. The van der Waals surface area contributed by atoms with Crippen LogP contribution in [0, 0.1) is 0 Å². The quantitative estimate of drug-likeness (QED) is 0.889. The van der Waals surface area contributed by atoms with Gasteiger partial charge in [-0.3, -0.25) is 4.79 Å². The fourth-order valence-electron chi connectivity index (χ4n) is 2.58. The van der Waals surface area contributed by atoms with E-state index >= 15 is 0 Å². The summed E-state index contributed by atoms with van der Waals surface area (Å²) in [5.74, 6) is -1.33. The molecule has 2 aromatic rings. The fraction of sp³-hybridized carbons (Fsp3) is 0.333. The van der Waals surface area contributed by atoms with Crippen LogP contribution < -0.4 is 0 Å². The fourth-order valence-corrected chi connectivity index (χ4v) is 3.35. The number of carboxylic acids is 1. The second-order valence-corrected chi connectivity index (χ2v) is 6.25. The molecule has 5 nitrogen and oxygen atoms in total. The molecule has 0 bridgehead atoms. The van der Waals surface area contributed by atoms with Gasteiger partial charge in [0.25, 0.3) is 5.91 Å². The highest BCUT2D eigenvalue weighted by Crippen LogP contribution is 2.26. The van der Waals surface area contributed by atoms with Gasteiger partial charge in [-0.1, -0.05) is 0 Å². The molecule has 0 aliphatic carbocycles. The van der Waals surface area contributed by atoms with Crippen molar-refractivity contribution in [2.24, 2.45) is 0 Å². The van der Waals surface area contributed by atoms with E-state index in [9.17, 15) is 14.7 Å². The van der Waals surface area contributed by atoms with Crippen molar-refractivity contribution in [1.82, 2.24) is 4.90 Å². The standard InChI is InChI=1S/C15H15NO4S/c17-13(11-1-2-12-10(9-11)3-8-21-12)16-6-4-15(20,5-7-16)14(18)19/h1-3,8-9,20H,4-7H2,(H,18,19). The Labute approximate surface area is 125 Å². The molecule has 1 aromatic carbocycles. The molecule has 110 valence electrons. The number of carbonyl (C=O) groups excluding carboxylic acids is 1. The first-order valence-corrected chi connectivity index (χ1v) is 7.60. The minimum atomic E-state index is -1.70. The second kappa shape index (κ2) is 5.13. The Balaban J connectivity index is 1.76. The summed E-state index contributed by atoms with van der Waals surface area (Å²) in [7, 11) is 0. The number of hydrogen-bond acceptors (Lipinski definition) is 4. The minimum absolute atomic E-state index is 0.0643. The molecule has 1 fully saturated rings. The summed E-state index contributed by atoms with van der Waals surface area (Å²) in [5, 5.41) is 21.9. The highest BCUT2D eigenvalue weighted by Gasteiger charge is 2.40. The Hall–Kier alpha value is -1.92.